The molecule has 0 aliphatic carbocycles. The molecular formula is C14H23NO4. The van der Waals surface area contributed by atoms with Crippen molar-refractivity contribution in [2.45, 2.75) is 32.4 Å². The van der Waals surface area contributed by atoms with E-state index in [1.807, 2.05) is 0 Å². The highest BCUT2D eigenvalue weighted by Gasteiger charge is 2.11. The Hall–Kier alpha value is -1.46. The van der Waals surface area contributed by atoms with Crippen molar-refractivity contribution in [1.29, 1.82) is 0 Å². The van der Waals surface area contributed by atoms with Crippen LogP contribution in [0.4, 0.5) is 0 Å². The fourth-order valence-electron chi connectivity index (χ4n) is 1.84. The molecule has 19 heavy (non-hydrogen) atoms. The number of hydrogen-bond acceptors (Lipinski definition) is 5. The maximum absolute atomic E-state index is 9.81. The Morgan fingerprint density at radius 2 is 1.79 bits per heavy atom. The number of phenols is 1. The van der Waals surface area contributed by atoms with Gasteiger partial charge in [0.25, 0.3) is 0 Å². The summed E-state index contributed by atoms with van der Waals surface area (Å²) in [4.78, 5) is 0. The summed E-state index contributed by atoms with van der Waals surface area (Å²) in [5.74, 6) is 0.820. The Morgan fingerprint density at radius 3 is 2.26 bits per heavy atom. The molecule has 1 aromatic carbocycles. The van der Waals surface area contributed by atoms with Crippen LogP contribution in [0.3, 0.4) is 0 Å². The Morgan fingerprint density at radius 1 is 1.21 bits per heavy atom. The van der Waals surface area contributed by atoms with Crippen molar-refractivity contribution in [3.8, 4) is 17.2 Å². The largest absolute Gasteiger partial charge is 0.502 e. The first-order valence-corrected chi connectivity index (χ1v) is 6.40. The summed E-state index contributed by atoms with van der Waals surface area (Å²) in [6.07, 6.45) is 1.71. The minimum atomic E-state index is 0.0158. The molecule has 3 N–H and O–H groups in total. The zero-order valence-electron chi connectivity index (χ0n) is 11.8. The van der Waals surface area contributed by atoms with Gasteiger partial charge in [0.2, 0.25) is 5.75 Å². The van der Waals surface area contributed by atoms with E-state index in [-0.39, 0.29) is 12.4 Å². The van der Waals surface area contributed by atoms with Crippen molar-refractivity contribution in [2.24, 2.45) is 0 Å². The average molecular weight is 269 g/mol. The summed E-state index contributed by atoms with van der Waals surface area (Å²) in [5.41, 5.74) is 0.974. The summed E-state index contributed by atoms with van der Waals surface area (Å²) in [6.45, 7) is 2.94. The maximum atomic E-state index is 9.81. The van der Waals surface area contributed by atoms with Gasteiger partial charge in [-0.2, -0.15) is 0 Å². The van der Waals surface area contributed by atoms with E-state index in [2.05, 4.69) is 12.2 Å². The van der Waals surface area contributed by atoms with Gasteiger partial charge in [0.05, 0.1) is 14.2 Å². The fraction of sp³-hybridized carbons (Fsp3) is 0.571. The Balaban J connectivity index is 2.68. The molecule has 0 bridgehead atoms. The minimum Gasteiger partial charge on any atom is -0.502 e. The van der Waals surface area contributed by atoms with Gasteiger partial charge in [-0.15, -0.1) is 0 Å². The van der Waals surface area contributed by atoms with Crippen LogP contribution in [0.5, 0.6) is 17.2 Å². The Kier molecular flexibility index (Phi) is 6.45. The maximum Gasteiger partial charge on any atom is 0.200 e. The molecule has 0 heterocycles. The Bertz CT molecular complexity index is 370. The van der Waals surface area contributed by atoms with Gasteiger partial charge in [-0.05, 0) is 37.5 Å². The predicted octanol–water partition coefficient (Wildman–Crippen LogP) is 1.66. The van der Waals surface area contributed by atoms with Crippen molar-refractivity contribution < 1.29 is 19.7 Å². The van der Waals surface area contributed by atoms with Gasteiger partial charge in [0.1, 0.15) is 0 Å². The summed E-state index contributed by atoms with van der Waals surface area (Å²) >= 11 is 0. The van der Waals surface area contributed by atoms with Crippen LogP contribution in [0.2, 0.25) is 0 Å². The van der Waals surface area contributed by atoms with E-state index in [0.717, 1.165) is 18.4 Å². The first-order chi connectivity index (χ1) is 9.12. The van der Waals surface area contributed by atoms with E-state index in [1.165, 1.54) is 14.2 Å². The molecule has 0 aliphatic rings. The molecule has 1 aromatic rings. The van der Waals surface area contributed by atoms with Gasteiger partial charge in [-0.1, -0.05) is 0 Å². The van der Waals surface area contributed by atoms with E-state index in [1.54, 1.807) is 12.1 Å². The second-order valence-corrected chi connectivity index (χ2v) is 4.50. The van der Waals surface area contributed by atoms with E-state index in [0.29, 0.717) is 24.1 Å². The third kappa shape index (κ3) is 4.61. The number of ether oxygens (including phenoxy) is 2. The first-order valence-electron chi connectivity index (χ1n) is 6.40. The molecule has 0 amide bonds. The Labute approximate surface area is 114 Å². The monoisotopic (exact) mass is 269 g/mol. The molecular weight excluding hydrogens is 246 g/mol. The lowest BCUT2D eigenvalue weighted by atomic mass is 10.1. The third-order valence-corrected chi connectivity index (χ3v) is 2.99. The van der Waals surface area contributed by atoms with Crippen molar-refractivity contribution >= 4 is 0 Å². The first kappa shape index (κ1) is 15.6. The second kappa shape index (κ2) is 7.86. The van der Waals surface area contributed by atoms with Crippen LogP contribution in [0.25, 0.3) is 0 Å². The van der Waals surface area contributed by atoms with E-state index >= 15 is 0 Å². The van der Waals surface area contributed by atoms with Crippen LogP contribution in [-0.2, 0) is 6.54 Å². The SMILES string of the molecule is COc1cc(CNC(C)CCCO)cc(OC)c1O. The molecule has 0 fully saturated rings. The number of rotatable bonds is 8. The van der Waals surface area contributed by atoms with Crippen LogP contribution < -0.4 is 14.8 Å². The minimum absolute atomic E-state index is 0.0158. The average Bonchev–Trinajstić information content (AvgIpc) is 2.43. The second-order valence-electron chi connectivity index (χ2n) is 4.50. The summed E-state index contributed by atoms with van der Waals surface area (Å²) in [7, 11) is 3.02. The number of phenolic OH excluding ortho intramolecular Hbond substituents is 1. The smallest absolute Gasteiger partial charge is 0.200 e. The van der Waals surface area contributed by atoms with Crippen molar-refractivity contribution in [1.82, 2.24) is 5.32 Å². The molecule has 0 saturated heterocycles. The number of methoxy groups -OCH3 is 2. The van der Waals surface area contributed by atoms with Crippen LogP contribution >= 0.6 is 0 Å². The lowest BCUT2D eigenvalue weighted by molar-refractivity contribution is 0.276. The van der Waals surface area contributed by atoms with Crippen molar-refractivity contribution in [3.63, 3.8) is 0 Å². The van der Waals surface area contributed by atoms with E-state index in [9.17, 15) is 5.11 Å². The zero-order valence-corrected chi connectivity index (χ0v) is 11.8. The van der Waals surface area contributed by atoms with Gasteiger partial charge in [0.15, 0.2) is 11.5 Å². The molecule has 0 saturated carbocycles. The molecule has 0 aromatic heterocycles. The number of aliphatic hydroxyl groups is 1. The quantitative estimate of drug-likeness (QED) is 0.669. The fourth-order valence-corrected chi connectivity index (χ4v) is 1.84. The molecule has 1 atom stereocenters. The van der Waals surface area contributed by atoms with Crippen LogP contribution in [-0.4, -0.2) is 37.1 Å². The van der Waals surface area contributed by atoms with Gasteiger partial charge >= 0.3 is 0 Å². The lowest BCUT2D eigenvalue weighted by Gasteiger charge is -2.15. The molecule has 0 radical (unpaired) electrons. The number of aliphatic hydroxyl groups excluding tert-OH is 1. The molecule has 0 aliphatic heterocycles. The van der Waals surface area contributed by atoms with Gasteiger partial charge in [0, 0.05) is 19.2 Å². The molecule has 0 spiro atoms. The number of aromatic hydroxyl groups is 1. The number of hydrogen-bond donors (Lipinski definition) is 3. The summed E-state index contributed by atoms with van der Waals surface area (Å²) in [6, 6.07) is 3.88. The van der Waals surface area contributed by atoms with Gasteiger partial charge < -0.3 is 25.0 Å². The topological polar surface area (TPSA) is 71.0 Å². The highest BCUT2D eigenvalue weighted by Crippen LogP contribution is 2.37. The third-order valence-electron chi connectivity index (χ3n) is 2.99. The summed E-state index contributed by atoms with van der Waals surface area (Å²) < 4.78 is 10.2. The van der Waals surface area contributed by atoms with Crippen molar-refractivity contribution in [3.05, 3.63) is 17.7 Å². The number of nitrogens with one attached hydrogen (secondary N) is 1. The van der Waals surface area contributed by atoms with Crippen molar-refractivity contribution in [2.75, 3.05) is 20.8 Å². The van der Waals surface area contributed by atoms with Crippen LogP contribution in [0.15, 0.2) is 12.1 Å². The summed E-state index contributed by atoms with van der Waals surface area (Å²) in [5, 5.41) is 21.9. The molecule has 1 rings (SSSR count). The zero-order chi connectivity index (χ0) is 14.3. The highest BCUT2D eigenvalue weighted by atomic mass is 16.5. The van der Waals surface area contributed by atoms with Gasteiger partial charge in [-0.25, -0.2) is 0 Å². The van der Waals surface area contributed by atoms with Crippen LogP contribution in [0, 0.1) is 0 Å². The van der Waals surface area contributed by atoms with Gasteiger partial charge in [-0.3, -0.25) is 0 Å². The number of benzene rings is 1. The molecule has 108 valence electrons. The predicted molar refractivity (Wildman–Crippen MR) is 73.8 cm³/mol. The highest BCUT2D eigenvalue weighted by molar-refractivity contribution is 5.52. The van der Waals surface area contributed by atoms with Crippen LogP contribution in [0.1, 0.15) is 25.3 Å². The lowest BCUT2D eigenvalue weighted by Crippen LogP contribution is -2.25. The van der Waals surface area contributed by atoms with E-state index < -0.39 is 0 Å². The molecule has 5 heteroatoms. The molecule has 1 unspecified atom stereocenters. The van der Waals surface area contributed by atoms with E-state index in [4.69, 9.17) is 14.6 Å². The standard InChI is InChI=1S/C14H23NO4/c1-10(5-4-6-16)15-9-11-7-12(18-2)14(17)13(8-11)19-3/h7-8,10,15-17H,4-6,9H2,1-3H3. The normalized spacial score (nSPS) is 12.2. The molecule has 5 nitrogen and oxygen atoms in total.